The number of carbonyl (C=O) groups is 1. The van der Waals surface area contributed by atoms with Gasteiger partial charge < -0.3 is 15.0 Å². The average Bonchev–Trinajstić information content (AvgIpc) is 2.48. The minimum Gasteiger partial charge on any atom is -0.382 e. The largest absolute Gasteiger partial charge is 0.382 e. The fourth-order valence-electron chi connectivity index (χ4n) is 2.80. The maximum Gasteiger partial charge on any atom is 0.253 e. The molecule has 1 aromatic carbocycles. The minimum absolute atomic E-state index is 0.101. The lowest BCUT2D eigenvalue weighted by molar-refractivity contribution is 0.0232. The number of ether oxygens (including phenoxy) is 1. The van der Waals surface area contributed by atoms with Crippen molar-refractivity contribution in [2.75, 3.05) is 25.0 Å². The third-order valence-corrected chi connectivity index (χ3v) is 4.02. The number of hydrogen-bond acceptors (Lipinski definition) is 3. The van der Waals surface area contributed by atoms with Gasteiger partial charge in [0.15, 0.2) is 0 Å². The SMILES string of the molecule is CCN(CC)C(=O)c1cccc(NC2CCOC(C)C2)c1. The summed E-state index contributed by atoms with van der Waals surface area (Å²) in [5.74, 6) is 0.101. The Bertz CT molecular complexity index is 472. The van der Waals surface area contributed by atoms with Crippen molar-refractivity contribution in [3.63, 3.8) is 0 Å². The summed E-state index contributed by atoms with van der Waals surface area (Å²) in [5.41, 5.74) is 1.77. The zero-order valence-electron chi connectivity index (χ0n) is 13.3. The third-order valence-electron chi connectivity index (χ3n) is 4.02. The number of carbonyl (C=O) groups excluding carboxylic acids is 1. The van der Waals surface area contributed by atoms with Gasteiger partial charge in [0.05, 0.1) is 6.10 Å². The van der Waals surface area contributed by atoms with Crippen LogP contribution in [0.3, 0.4) is 0 Å². The molecule has 0 aromatic heterocycles. The van der Waals surface area contributed by atoms with Crippen LogP contribution in [0.4, 0.5) is 5.69 Å². The van der Waals surface area contributed by atoms with Gasteiger partial charge >= 0.3 is 0 Å². The molecular formula is C17H26N2O2. The van der Waals surface area contributed by atoms with Gasteiger partial charge in [-0.15, -0.1) is 0 Å². The normalized spacial score (nSPS) is 21.9. The lowest BCUT2D eigenvalue weighted by Crippen LogP contribution is -2.33. The molecule has 2 atom stereocenters. The topological polar surface area (TPSA) is 41.6 Å². The lowest BCUT2D eigenvalue weighted by Gasteiger charge is -2.29. The first-order chi connectivity index (χ1) is 10.1. The number of benzene rings is 1. The van der Waals surface area contributed by atoms with Crippen molar-refractivity contribution in [2.45, 2.75) is 45.8 Å². The van der Waals surface area contributed by atoms with Gasteiger partial charge in [-0.3, -0.25) is 4.79 Å². The van der Waals surface area contributed by atoms with Crippen molar-refractivity contribution in [1.29, 1.82) is 0 Å². The molecule has 1 aliphatic rings. The summed E-state index contributed by atoms with van der Waals surface area (Å²) in [6.07, 6.45) is 2.32. The van der Waals surface area contributed by atoms with Crippen LogP contribution < -0.4 is 5.32 Å². The first kappa shape index (κ1) is 15.8. The first-order valence-corrected chi connectivity index (χ1v) is 7.91. The van der Waals surface area contributed by atoms with Gasteiger partial charge in [-0.25, -0.2) is 0 Å². The van der Waals surface area contributed by atoms with Crippen LogP contribution in [-0.4, -0.2) is 42.6 Å². The lowest BCUT2D eigenvalue weighted by atomic mass is 10.0. The number of rotatable bonds is 5. The van der Waals surface area contributed by atoms with Gasteiger partial charge in [-0.1, -0.05) is 6.07 Å². The molecule has 2 rings (SSSR count). The predicted octanol–water partition coefficient (Wildman–Crippen LogP) is 3.15. The van der Waals surface area contributed by atoms with Gasteiger partial charge in [0.25, 0.3) is 5.91 Å². The van der Waals surface area contributed by atoms with Crippen molar-refractivity contribution in [3.8, 4) is 0 Å². The van der Waals surface area contributed by atoms with E-state index in [1.54, 1.807) is 0 Å². The van der Waals surface area contributed by atoms with E-state index in [2.05, 4.69) is 12.2 Å². The van der Waals surface area contributed by atoms with Crippen LogP contribution in [-0.2, 0) is 4.74 Å². The van der Waals surface area contributed by atoms with E-state index in [1.807, 2.05) is 43.0 Å². The van der Waals surface area contributed by atoms with Crippen molar-refractivity contribution in [3.05, 3.63) is 29.8 Å². The van der Waals surface area contributed by atoms with Gasteiger partial charge in [0.1, 0.15) is 0 Å². The summed E-state index contributed by atoms with van der Waals surface area (Å²) < 4.78 is 5.57. The molecule has 0 saturated carbocycles. The second kappa shape index (κ2) is 7.46. The van der Waals surface area contributed by atoms with Gasteiger partial charge in [0.2, 0.25) is 0 Å². The Morgan fingerprint density at radius 1 is 1.38 bits per heavy atom. The molecule has 2 unspecified atom stereocenters. The standard InChI is InChI=1S/C17H26N2O2/c1-4-19(5-2)17(20)14-7-6-8-15(12-14)18-16-9-10-21-13(3)11-16/h6-8,12-13,16,18H,4-5,9-11H2,1-3H3. The highest BCUT2D eigenvalue weighted by Gasteiger charge is 2.19. The fourth-order valence-corrected chi connectivity index (χ4v) is 2.80. The quantitative estimate of drug-likeness (QED) is 0.905. The van der Waals surface area contributed by atoms with E-state index in [9.17, 15) is 4.79 Å². The van der Waals surface area contributed by atoms with Crippen LogP contribution in [0.1, 0.15) is 44.0 Å². The van der Waals surface area contributed by atoms with Gasteiger partial charge in [0, 0.05) is 37.0 Å². The monoisotopic (exact) mass is 290 g/mol. The van der Waals surface area contributed by atoms with Crippen molar-refractivity contribution < 1.29 is 9.53 Å². The molecule has 4 heteroatoms. The van der Waals surface area contributed by atoms with Crippen molar-refractivity contribution in [1.82, 2.24) is 4.90 Å². The summed E-state index contributed by atoms with van der Waals surface area (Å²) in [7, 11) is 0. The van der Waals surface area contributed by atoms with E-state index < -0.39 is 0 Å². The summed E-state index contributed by atoms with van der Waals surface area (Å²) in [6, 6.07) is 8.24. The van der Waals surface area contributed by atoms with Gasteiger partial charge in [-0.05, 0) is 51.8 Å². The number of amides is 1. The molecule has 1 aromatic rings. The molecule has 0 aliphatic carbocycles. The smallest absolute Gasteiger partial charge is 0.253 e. The Morgan fingerprint density at radius 3 is 2.81 bits per heavy atom. The molecule has 0 radical (unpaired) electrons. The Morgan fingerprint density at radius 2 is 2.14 bits per heavy atom. The van der Waals surface area contributed by atoms with E-state index in [-0.39, 0.29) is 5.91 Å². The van der Waals surface area contributed by atoms with Crippen LogP contribution >= 0.6 is 0 Å². The summed E-state index contributed by atoms with van der Waals surface area (Å²) in [5, 5.41) is 3.53. The molecule has 0 bridgehead atoms. The van der Waals surface area contributed by atoms with E-state index in [0.717, 1.165) is 43.8 Å². The second-order valence-corrected chi connectivity index (χ2v) is 5.61. The number of nitrogens with zero attached hydrogens (tertiary/aromatic N) is 1. The Balaban J connectivity index is 2.05. The molecule has 1 N–H and O–H groups in total. The van der Waals surface area contributed by atoms with E-state index in [4.69, 9.17) is 4.74 Å². The highest BCUT2D eigenvalue weighted by atomic mass is 16.5. The molecule has 0 spiro atoms. The van der Waals surface area contributed by atoms with E-state index in [0.29, 0.717) is 12.1 Å². The van der Waals surface area contributed by atoms with Crippen LogP contribution in [0, 0.1) is 0 Å². The van der Waals surface area contributed by atoms with Crippen LogP contribution in [0.2, 0.25) is 0 Å². The number of anilines is 1. The Kier molecular flexibility index (Phi) is 5.62. The second-order valence-electron chi connectivity index (χ2n) is 5.61. The molecule has 21 heavy (non-hydrogen) atoms. The molecular weight excluding hydrogens is 264 g/mol. The highest BCUT2D eigenvalue weighted by Crippen LogP contribution is 2.20. The summed E-state index contributed by atoms with van der Waals surface area (Å²) in [6.45, 7) is 8.40. The van der Waals surface area contributed by atoms with Gasteiger partial charge in [-0.2, -0.15) is 0 Å². The molecule has 1 heterocycles. The number of nitrogens with one attached hydrogen (secondary N) is 1. The maximum absolute atomic E-state index is 12.4. The zero-order valence-corrected chi connectivity index (χ0v) is 13.3. The average molecular weight is 290 g/mol. The highest BCUT2D eigenvalue weighted by molar-refractivity contribution is 5.95. The van der Waals surface area contributed by atoms with E-state index in [1.165, 1.54) is 0 Å². The zero-order chi connectivity index (χ0) is 15.2. The molecule has 4 nitrogen and oxygen atoms in total. The first-order valence-electron chi connectivity index (χ1n) is 7.91. The van der Waals surface area contributed by atoms with Crippen molar-refractivity contribution in [2.24, 2.45) is 0 Å². The molecule has 1 fully saturated rings. The van der Waals surface area contributed by atoms with Crippen molar-refractivity contribution >= 4 is 11.6 Å². The Labute approximate surface area is 127 Å². The molecule has 1 saturated heterocycles. The molecule has 116 valence electrons. The van der Waals surface area contributed by atoms with E-state index >= 15 is 0 Å². The Hall–Kier alpha value is -1.55. The summed E-state index contributed by atoms with van der Waals surface area (Å²) in [4.78, 5) is 14.2. The summed E-state index contributed by atoms with van der Waals surface area (Å²) >= 11 is 0. The molecule has 1 aliphatic heterocycles. The maximum atomic E-state index is 12.4. The minimum atomic E-state index is 0.101. The van der Waals surface area contributed by atoms with Crippen LogP contribution in [0.25, 0.3) is 0 Å². The van der Waals surface area contributed by atoms with Crippen LogP contribution in [0.5, 0.6) is 0 Å². The third kappa shape index (κ3) is 4.21. The predicted molar refractivity (Wildman–Crippen MR) is 85.8 cm³/mol. The number of hydrogen-bond donors (Lipinski definition) is 1. The molecule has 1 amide bonds. The van der Waals surface area contributed by atoms with Crippen LogP contribution in [0.15, 0.2) is 24.3 Å². The fraction of sp³-hybridized carbons (Fsp3) is 0.588.